The van der Waals surface area contributed by atoms with Gasteiger partial charge in [-0.05, 0) is 56.0 Å². The highest BCUT2D eigenvalue weighted by Crippen LogP contribution is 2.49. The summed E-state index contributed by atoms with van der Waals surface area (Å²) in [5.41, 5.74) is 6.30. The van der Waals surface area contributed by atoms with E-state index in [1.165, 1.54) is 17.8 Å². The highest BCUT2D eigenvalue weighted by molar-refractivity contribution is 7.52. The Kier molecular flexibility index (Phi) is 15.6. The number of hydrogen-bond donors (Lipinski definition) is 2. The Morgan fingerprint density at radius 3 is 2.19 bits per heavy atom. The van der Waals surface area contributed by atoms with Gasteiger partial charge in [-0.25, -0.2) is 14.1 Å². The van der Waals surface area contributed by atoms with Gasteiger partial charge in [0.2, 0.25) is 0 Å². The van der Waals surface area contributed by atoms with Crippen LogP contribution >= 0.6 is 7.75 Å². The molecule has 0 bridgehead atoms. The SMILES string of the molecule is CCOCCOCCOC(=O)[C@H](C)NP(=O)(OC[C@H]1O[C@@](C)(c2ccc3c(N)ncnn23)[C@H](OC(=O)C(C)C)[C@@H]1OC(=O)C(C)C)Oc1ccc(C(C)(C)C)cc1. The van der Waals surface area contributed by atoms with Gasteiger partial charge in [-0.1, -0.05) is 60.6 Å². The van der Waals surface area contributed by atoms with Crippen molar-refractivity contribution in [2.75, 3.05) is 45.4 Å². The van der Waals surface area contributed by atoms with Crippen LogP contribution in [0.15, 0.2) is 42.7 Å². The van der Waals surface area contributed by atoms with E-state index in [0.717, 1.165) is 5.56 Å². The average molecular weight is 820 g/mol. The number of carbonyl (C=O) groups excluding carboxylic acids is 3. The number of hydrogen-bond acceptors (Lipinski definition) is 15. The van der Waals surface area contributed by atoms with Crippen LogP contribution in [-0.4, -0.2) is 96.5 Å². The van der Waals surface area contributed by atoms with Gasteiger partial charge in [0.1, 0.15) is 41.9 Å². The Bertz CT molecular complexity index is 1860. The summed E-state index contributed by atoms with van der Waals surface area (Å²) in [6.45, 7) is 18.6. The normalized spacial score (nSPS) is 21.4. The van der Waals surface area contributed by atoms with Crippen LogP contribution in [0.4, 0.5) is 5.82 Å². The Balaban J connectivity index is 1.67. The molecule has 57 heavy (non-hydrogen) atoms. The monoisotopic (exact) mass is 819 g/mol. The number of carbonyl (C=O) groups is 3. The van der Waals surface area contributed by atoms with E-state index < -0.39 is 74.1 Å². The Morgan fingerprint density at radius 2 is 1.56 bits per heavy atom. The fourth-order valence-electron chi connectivity index (χ4n) is 5.87. The maximum atomic E-state index is 14.7. The van der Waals surface area contributed by atoms with Crippen LogP contribution in [0.1, 0.15) is 80.5 Å². The van der Waals surface area contributed by atoms with Gasteiger partial charge < -0.3 is 38.7 Å². The van der Waals surface area contributed by atoms with E-state index in [1.807, 2.05) is 19.1 Å². The highest BCUT2D eigenvalue weighted by atomic mass is 31.2. The summed E-state index contributed by atoms with van der Waals surface area (Å²) in [5.74, 6) is -2.69. The smallest absolute Gasteiger partial charge is 0.459 e. The number of nitrogen functional groups attached to an aromatic ring is 1. The number of anilines is 1. The minimum atomic E-state index is -4.48. The molecule has 1 saturated heterocycles. The number of fused-ring (bicyclic) bond motifs is 1. The molecule has 18 heteroatoms. The Morgan fingerprint density at radius 1 is 0.930 bits per heavy atom. The third-order valence-corrected chi connectivity index (χ3v) is 10.8. The molecule has 3 aromatic rings. The van der Waals surface area contributed by atoms with E-state index in [0.29, 0.717) is 31.0 Å². The summed E-state index contributed by atoms with van der Waals surface area (Å²) < 4.78 is 63.0. The average Bonchev–Trinajstić information content (AvgIpc) is 3.70. The molecule has 0 aliphatic carbocycles. The van der Waals surface area contributed by atoms with Crippen LogP contribution in [0, 0.1) is 11.8 Å². The van der Waals surface area contributed by atoms with E-state index in [2.05, 4.69) is 35.9 Å². The molecule has 1 aromatic carbocycles. The van der Waals surface area contributed by atoms with Gasteiger partial charge in [-0.2, -0.15) is 10.2 Å². The zero-order chi connectivity index (χ0) is 42.1. The van der Waals surface area contributed by atoms with E-state index in [-0.39, 0.29) is 30.2 Å². The molecule has 0 spiro atoms. The lowest BCUT2D eigenvalue weighted by Crippen LogP contribution is -2.46. The maximum Gasteiger partial charge on any atom is 0.459 e. The van der Waals surface area contributed by atoms with Gasteiger partial charge in [-0.15, -0.1) is 0 Å². The minimum Gasteiger partial charge on any atom is -0.462 e. The van der Waals surface area contributed by atoms with Gasteiger partial charge in [0, 0.05) is 6.61 Å². The topological polar surface area (TPSA) is 210 Å². The highest BCUT2D eigenvalue weighted by Gasteiger charge is 2.59. The van der Waals surface area contributed by atoms with E-state index in [4.69, 9.17) is 43.2 Å². The molecule has 4 rings (SSSR count). The molecule has 1 fully saturated rings. The standard InChI is InChI=1S/C39H58N5O12P/c1-11-49-18-19-50-20-21-51-37(47)26(6)43-57(48,56-28-14-12-27(13-15-28)38(7,8)9)52-22-30-32(53-35(45)24(2)3)33(54-36(46)25(4)5)39(10,55-30)31-17-16-29-34(40)41-23-42-44(29)31/h12-17,23-26,30,32-33H,11,18-22H2,1-10H3,(H,43,48)(H2,40,41,42)/t26-,30+,32+,33+,39-,57?/m0/s1. The van der Waals surface area contributed by atoms with Gasteiger partial charge in [-0.3, -0.25) is 18.9 Å². The fraction of sp³-hybridized carbons (Fsp3) is 0.615. The summed E-state index contributed by atoms with van der Waals surface area (Å²) in [5, 5.41) is 7.04. The van der Waals surface area contributed by atoms with Crippen molar-refractivity contribution in [2.45, 2.75) is 105 Å². The summed E-state index contributed by atoms with van der Waals surface area (Å²) in [4.78, 5) is 43.6. The van der Waals surface area contributed by atoms with Crippen LogP contribution < -0.4 is 15.3 Å². The number of ether oxygens (including phenoxy) is 6. The Labute approximate surface area is 334 Å². The predicted molar refractivity (Wildman–Crippen MR) is 209 cm³/mol. The maximum absolute atomic E-state index is 14.7. The van der Waals surface area contributed by atoms with E-state index in [9.17, 15) is 18.9 Å². The molecule has 0 amide bonds. The van der Waals surface area contributed by atoms with Crippen molar-refractivity contribution in [3.8, 4) is 5.75 Å². The number of benzene rings is 1. The number of nitrogens with zero attached hydrogens (tertiary/aromatic N) is 3. The molecule has 1 aliphatic heterocycles. The number of aromatic nitrogens is 3. The molecule has 17 nitrogen and oxygen atoms in total. The fourth-order valence-corrected chi connectivity index (χ4v) is 7.37. The number of esters is 3. The third kappa shape index (κ3) is 11.7. The molecule has 2 aromatic heterocycles. The van der Waals surface area contributed by atoms with E-state index in [1.54, 1.807) is 58.9 Å². The molecule has 1 unspecified atom stereocenters. The minimum absolute atomic E-state index is 0.0594. The van der Waals surface area contributed by atoms with Crippen molar-refractivity contribution < 1.29 is 56.4 Å². The van der Waals surface area contributed by atoms with Crippen molar-refractivity contribution in [3.63, 3.8) is 0 Å². The number of nitrogens with one attached hydrogen (secondary N) is 1. The molecular weight excluding hydrogens is 761 g/mol. The molecule has 3 N–H and O–H groups in total. The van der Waals surface area contributed by atoms with Crippen molar-refractivity contribution in [2.24, 2.45) is 11.8 Å². The van der Waals surface area contributed by atoms with Gasteiger partial charge in [0.25, 0.3) is 0 Å². The molecule has 0 saturated carbocycles. The lowest BCUT2D eigenvalue weighted by molar-refractivity contribution is -0.175. The second kappa shape index (κ2) is 19.6. The van der Waals surface area contributed by atoms with Crippen molar-refractivity contribution >= 4 is 37.0 Å². The second-order valence-corrected chi connectivity index (χ2v) is 17.2. The van der Waals surface area contributed by atoms with Gasteiger partial charge in [0.05, 0.1) is 44.0 Å². The lowest BCUT2D eigenvalue weighted by atomic mass is 9.87. The quantitative estimate of drug-likeness (QED) is 0.0655. The van der Waals surface area contributed by atoms with Crippen molar-refractivity contribution in [1.29, 1.82) is 0 Å². The first kappa shape index (κ1) is 45.6. The molecule has 1 aliphatic rings. The van der Waals surface area contributed by atoms with Crippen LogP contribution in [-0.2, 0) is 62.9 Å². The largest absolute Gasteiger partial charge is 0.462 e. The van der Waals surface area contributed by atoms with E-state index >= 15 is 0 Å². The zero-order valence-corrected chi connectivity index (χ0v) is 35.4. The molecule has 3 heterocycles. The van der Waals surface area contributed by atoms with Gasteiger partial charge in [0.15, 0.2) is 18.0 Å². The second-order valence-electron chi connectivity index (χ2n) is 15.5. The zero-order valence-electron chi connectivity index (χ0n) is 34.5. The summed E-state index contributed by atoms with van der Waals surface area (Å²) in [6, 6.07) is 9.14. The van der Waals surface area contributed by atoms with Gasteiger partial charge >= 0.3 is 25.7 Å². The van der Waals surface area contributed by atoms with Crippen molar-refractivity contribution in [1.82, 2.24) is 19.7 Å². The molecule has 0 radical (unpaired) electrons. The first-order valence-corrected chi connectivity index (χ1v) is 20.7. The predicted octanol–water partition coefficient (Wildman–Crippen LogP) is 5.14. The Hall–Kier alpha value is -4.12. The summed E-state index contributed by atoms with van der Waals surface area (Å²) in [7, 11) is -4.48. The molecular formula is C39H58N5O12P. The van der Waals surface area contributed by atoms with Crippen LogP contribution in [0.25, 0.3) is 5.52 Å². The molecule has 6 atom stereocenters. The number of nitrogens with two attached hydrogens (primary N) is 1. The first-order chi connectivity index (χ1) is 26.8. The number of rotatable bonds is 20. The lowest BCUT2D eigenvalue weighted by Gasteiger charge is -2.31. The summed E-state index contributed by atoms with van der Waals surface area (Å²) >= 11 is 0. The first-order valence-electron chi connectivity index (χ1n) is 19.1. The van der Waals surface area contributed by atoms with Crippen molar-refractivity contribution in [3.05, 3.63) is 54.0 Å². The van der Waals surface area contributed by atoms with Crippen LogP contribution in [0.5, 0.6) is 5.75 Å². The summed E-state index contributed by atoms with van der Waals surface area (Å²) in [6.07, 6.45) is -2.46. The molecule has 316 valence electrons. The third-order valence-electron chi connectivity index (χ3n) is 9.14. The van der Waals surface area contributed by atoms with Crippen LogP contribution in [0.3, 0.4) is 0 Å². The van der Waals surface area contributed by atoms with Crippen LogP contribution in [0.2, 0.25) is 0 Å².